The van der Waals surface area contributed by atoms with Gasteiger partial charge in [0.05, 0.1) is 0 Å². The Morgan fingerprint density at radius 1 is 1.19 bits per heavy atom. The third-order valence-corrected chi connectivity index (χ3v) is 4.56. The Bertz CT molecular complexity index is 672. The highest BCUT2D eigenvalue weighted by atomic mass is 79.9. The highest BCUT2D eigenvalue weighted by Gasteiger charge is 2.24. The molecule has 0 aromatic heterocycles. The van der Waals surface area contributed by atoms with Crippen LogP contribution < -0.4 is 5.32 Å². The molecular weight excluding hydrogens is 336 g/mol. The molecule has 2 aromatic carbocycles. The lowest BCUT2D eigenvalue weighted by Crippen LogP contribution is -2.23. The van der Waals surface area contributed by atoms with Crippen LogP contribution in [0.5, 0.6) is 0 Å². The number of hydrogen-bond acceptors (Lipinski definition) is 1. The first-order valence-electron chi connectivity index (χ1n) is 7.04. The van der Waals surface area contributed by atoms with Crippen molar-refractivity contribution >= 4 is 15.9 Å². The van der Waals surface area contributed by atoms with Crippen LogP contribution in [0.15, 0.2) is 40.9 Å². The Morgan fingerprint density at radius 2 is 2.00 bits per heavy atom. The molecule has 0 radical (unpaired) electrons. The molecule has 2 unspecified atom stereocenters. The zero-order valence-electron chi connectivity index (χ0n) is 11.7. The monoisotopic (exact) mass is 351 g/mol. The van der Waals surface area contributed by atoms with E-state index in [-0.39, 0.29) is 12.1 Å². The van der Waals surface area contributed by atoms with E-state index >= 15 is 0 Å². The summed E-state index contributed by atoms with van der Waals surface area (Å²) in [6, 6.07) is 10.1. The van der Waals surface area contributed by atoms with Gasteiger partial charge in [0.2, 0.25) is 0 Å². The molecule has 2 aromatic rings. The van der Waals surface area contributed by atoms with Crippen molar-refractivity contribution in [3.63, 3.8) is 0 Å². The summed E-state index contributed by atoms with van der Waals surface area (Å²) >= 11 is 3.48. The van der Waals surface area contributed by atoms with E-state index < -0.39 is 11.6 Å². The Morgan fingerprint density at radius 3 is 2.76 bits per heavy atom. The fraction of sp³-hybridized carbons (Fsp3) is 0.294. The molecule has 1 aliphatic carbocycles. The second-order valence-corrected chi connectivity index (χ2v) is 6.40. The number of halogens is 3. The van der Waals surface area contributed by atoms with Crippen LogP contribution in [0.25, 0.3) is 0 Å². The first-order chi connectivity index (χ1) is 10.0. The molecule has 0 saturated heterocycles. The van der Waals surface area contributed by atoms with Gasteiger partial charge in [-0.25, -0.2) is 8.78 Å². The van der Waals surface area contributed by atoms with Gasteiger partial charge >= 0.3 is 0 Å². The van der Waals surface area contributed by atoms with Gasteiger partial charge in [-0.1, -0.05) is 28.1 Å². The minimum atomic E-state index is -0.542. The van der Waals surface area contributed by atoms with Gasteiger partial charge in [0, 0.05) is 28.2 Å². The standard InChI is InChI=1S/C17H16BrF2N/c1-10(14-6-4-13(19)9-16(14)20)21-17-7-2-11-8-12(18)3-5-15(11)17/h3-6,8-10,17,21H,2,7H2,1H3. The Kier molecular flexibility index (Phi) is 4.09. The summed E-state index contributed by atoms with van der Waals surface area (Å²) in [7, 11) is 0. The summed E-state index contributed by atoms with van der Waals surface area (Å²) in [5.74, 6) is -1.04. The van der Waals surface area contributed by atoms with Crippen molar-refractivity contribution in [1.82, 2.24) is 5.32 Å². The molecule has 2 atom stereocenters. The summed E-state index contributed by atoms with van der Waals surface area (Å²) in [4.78, 5) is 0. The molecular formula is C17H16BrF2N. The summed E-state index contributed by atoms with van der Waals surface area (Å²) < 4.78 is 27.9. The molecule has 0 spiro atoms. The molecule has 1 aliphatic rings. The van der Waals surface area contributed by atoms with E-state index in [1.165, 1.54) is 23.3 Å². The van der Waals surface area contributed by atoms with Crippen molar-refractivity contribution in [2.75, 3.05) is 0 Å². The molecule has 0 heterocycles. The fourth-order valence-electron chi connectivity index (χ4n) is 3.00. The molecule has 110 valence electrons. The van der Waals surface area contributed by atoms with Crippen LogP contribution in [0, 0.1) is 11.6 Å². The molecule has 0 saturated carbocycles. The largest absolute Gasteiger partial charge is 0.303 e. The minimum absolute atomic E-state index is 0.162. The third-order valence-electron chi connectivity index (χ3n) is 4.06. The average molecular weight is 352 g/mol. The maximum Gasteiger partial charge on any atom is 0.130 e. The third kappa shape index (κ3) is 3.01. The van der Waals surface area contributed by atoms with Gasteiger partial charge in [-0.05, 0) is 49.1 Å². The number of hydrogen-bond donors (Lipinski definition) is 1. The zero-order valence-corrected chi connectivity index (χ0v) is 13.3. The van der Waals surface area contributed by atoms with Crippen LogP contribution in [-0.2, 0) is 6.42 Å². The van der Waals surface area contributed by atoms with Crippen LogP contribution in [0.4, 0.5) is 8.78 Å². The van der Waals surface area contributed by atoms with E-state index in [4.69, 9.17) is 0 Å². The zero-order chi connectivity index (χ0) is 15.0. The van der Waals surface area contributed by atoms with Gasteiger partial charge < -0.3 is 5.32 Å². The van der Waals surface area contributed by atoms with Crippen molar-refractivity contribution in [3.8, 4) is 0 Å². The molecule has 4 heteroatoms. The number of aryl methyl sites for hydroxylation is 1. The van der Waals surface area contributed by atoms with Crippen molar-refractivity contribution in [2.45, 2.75) is 31.8 Å². The maximum absolute atomic E-state index is 13.8. The normalized spacial score (nSPS) is 18.6. The summed E-state index contributed by atoms with van der Waals surface area (Å²) in [5, 5.41) is 3.45. The minimum Gasteiger partial charge on any atom is -0.303 e. The van der Waals surface area contributed by atoms with Crippen molar-refractivity contribution < 1.29 is 8.78 Å². The topological polar surface area (TPSA) is 12.0 Å². The van der Waals surface area contributed by atoms with Crippen LogP contribution in [-0.4, -0.2) is 0 Å². The van der Waals surface area contributed by atoms with Gasteiger partial charge in [-0.2, -0.15) is 0 Å². The molecule has 0 bridgehead atoms. The number of fused-ring (bicyclic) bond motifs is 1. The Balaban J connectivity index is 1.79. The van der Waals surface area contributed by atoms with Gasteiger partial charge in [0.15, 0.2) is 0 Å². The number of nitrogens with one attached hydrogen (secondary N) is 1. The molecule has 0 aliphatic heterocycles. The smallest absolute Gasteiger partial charge is 0.130 e. The predicted octanol–water partition coefficient (Wildman–Crippen LogP) is 5.07. The highest BCUT2D eigenvalue weighted by molar-refractivity contribution is 9.10. The molecule has 1 nitrogen and oxygen atoms in total. The lowest BCUT2D eigenvalue weighted by molar-refractivity contribution is 0.448. The van der Waals surface area contributed by atoms with Gasteiger partial charge in [-0.15, -0.1) is 0 Å². The van der Waals surface area contributed by atoms with E-state index in [0.717, 1.165) is 23.4 Å². The van der Waals surface area contributed by atoms with Gasteiger partial charge in [-0.3, -0.25) is 0 Å². The second-order valence-electron chi connectivity index (χ2n) is 5.49. The maximum atomic E-state index is 13.8. The summed E-state index contributed by atoms with van der Waals surface area (Å²) in [6.07, 6.45) is 2.02. The van der Waals surface area contributed by atoms with Crippen molar-refractivity contribution in [2.24, 2.45) is 0 Å². The van der Waals surface area contributed by atoms with Crippen molar-refractivity contribution in [3.05, 3.63) is 69.2 Å². The molecule has 21 heavy (non-hydrogen) atoms. The molecule has 3 rings (SSSR count). The van der Waals surface area contributed by atoms with Crippen molar-refractivity contribution in [1.29, 1.82) is 0 Å². The van der Waals surface area contributed by atoms with E-state index in [1.807, 2.05) is 13.0 Å². The second kappa shape index (κ2) is 5.85. The Labute approximate surface area is 131 Å². The lowest BCUT2D eigenvalue weighted by Gasteiger charge is -2.21. The Hall–Kier alpha value is -1.26. The van der Waals surface area contributed by atoms with Gasteiger partial charge in [0.25, 0.3) is 0 Å². The predicted molar refractivity (Wildman–Crippen MR) is 83.1 cm³/mol. The summed E-state index contributed by atoms with van der Waals surface area (Å²) in [6.45, 7) is 1.91. The highest BCUT2D eigenvalue weighted by Crippen LogP contribution is 2.34. The molecule has 0 amide bonds. The van der Waals surface area contributed by atoms with Crippen LogP contribution in [0.1, 0.15) is 42.1 Å². The fourth-order valence-corrected chi connectivity index (χ4v) is 3.41. The quantitative estimate of drug-likeness (QED) is 0.814. The molecule has 0 fully saturated rings. The van der Waals surface area contributed by atoms with Gasteiger partial charge in [0.1, 0.15) is 11.6 Å². The first kappa shape index (κ1) is 14.7. The summed E-state index contributed by atoms with van der Waals surface area (Å²) in [5.41, 5.74) is 3.10. The van der Waals surface area contributed by atoms with E-state index in [9.17, 15) is 8.78 Å². The number of rotatable bonds is 3. The van der Waals surface area contributed by atoms with Crippen LogP contribution >= 0.6 is 15.9 Å². The van der Waals surface area contributed by atoms with E-state index in [1.54, 1.807) is 0 Å². The van der Waals surface area contributed by atoms with Crippen LogP contribution in [0.2, 0.25) is 0 Å². The molecule has 1 N–H and O–H groups in total. The lowest BCUT2D eigenvalue weighted by atomic mass is 10.0. The van der Waals surface area contributed by atoms with E-state index in [0.29, 0.717) is 5.56 Å². The van der Waals surface area contributed by atoms with Crippen LogP contribution in [0.3, 0.4) is 0 Å². The number of benzene rings is 2. The first-order valence-corrected chi connectivity index (χ1v) is 7.83. The van der Waals surface area contributed by atoms with E-state index in [2.05, 4.69) is 33.4 Å². The SMILES string of the molecule is CC(NC1CCc2cc(Br)ccc21)c1ccc(F)cc1F. The average Bonchev–Trinajstić information content (AvgIpc) is 2.80.